The number of nitrogens with zero attached hydrogens (tertiary/aromatic N) is 2. The number of hydrogen-bond acceptors (Lipinski definition) is 3. The van der Waals surface area contributed by atoms with Crippen LogP contribution in [0.1, 0.15) is 79.3 Å². The lowest BCUT2D eigenvalue weighted by Crippen LogP contribution is -2.69. The Kier molecular flexibility index (Phi) is 4.95. The molecule has 1 amide bonds. The van der Waals surface area contributed by atoms with Crippen molar-refractivity contribution in [3.63, 3.8) is 0 Å². The second-order valence-electron chi connectivity index (χ2n) is 13.3. The van der Waals surface area contributed by atoms with Gasteiger partial charge in [0.05, 0.1) is 0 Å². The van der Waals surface area contributed by atoms with Crippen molar-refractivity contribution in [2.45, 2.75) is 81.7 Å². The number of carbonyl (C=O) groups excluding carboxylic acids is 1. The summed E-state index contributed by atoms with van der Waals surface area (Å²) in [5, 5.41) is 10.7. The highest BCUT2D eigenvalue weighted by atomic mass is 16.3. The lowest BCUT2D eigenvalue weighted by atomic mass is 9.43. The fourth-order valence-corrected chi connectivity index (χ4v) is 11.0. The first-order valence-corrected chi connectivity index (χ1v) is 15.0. The van der Waals surface area contributed by atoms with E-state index in [0.29, 0.717) is 35.1 Å². The summed E-state index contributed by atoms with van der Waals surface area (Å²) in [7, 11) is 0. The first kappa shape index (κ1) is 22.6. The molecule has 0 spiro atoms. The van der Waals surface area contributed by atoms with E-state index in [4.69, 9.17) is 0 Å². The first-order chi connectivity index (χ1) is 18.1. The zero-order valence-electron chi connectivity index (χ0n) is 21.9. The maximum Gasteiger partial charge on any atom is 0.254 e. The number of phenolic OH excluding ortho intramolecular Hbond substituents is 1. The molecule has 1 N–H and O–H groups in total. The number of rotatable bonds is 4. The summed E-state index contributed by atoms with van der Waals surface area (Å²) < 4.78 is 0. The topological polar surface area (TPSA) is 43.8 Å². The van der Waals surface area contributed by atoms with Crippen molar-refractivity contribution in [2.75, 3.05) is 19.6 Å². The predicted molar refractivity (Wildman–Crippen MR) is 145 cm³/mol. The molecule has 194 valence electrons. The molecule has 4 bridgehead atoms. The third-order valence-electron chi connectivity index (χ3n) is 12.2. The number of hydrogen-bond donors (Lipinski definition) is 1. The standard InChI is InChI=1S/C33H40N2O2/c36-26-11-10-24-18-29-32-14-12-28-30(25(20-32)21-35(28)31(37)23-8-2-1-3-9-23)33(32,27(24)19-26)15-17-34(29)16-13-22-6-4-5-7-22/h1-3,8-11,19,22,25,28-30,36H,4-7,12-18,20-21H2/t25-,28?,29?,30?,32?,33?/m1/s1. The van der Waals surface area contributed by atoms with Gasteiger partial charge in [0.1, 0.15) is 5.75 Å². The van der Waals surface area contributed by atoms with Crippen molar-refractivity contribution in [1.82, 2.24) is 9.80 Å². The normalized spacial score (nSPS) is 38.0. The van der Waals surface area contributed by atoms with Crippen molar-refractivity contribution in [3.05, 3.63) is 65.2 Å². The highest BCUT2D eigenvalue weighted by molar-refractivity contribution is 5.94. The SMILES string of the molecule is O=C(c1ccccc1)N1C[C@H]2CC34CCC1C2C31CCN(CCC2CCCC2)C4Cc2ccc(O)cc21. The van der Waals surface area contributed by atoms with Gasteiger partial charge in [-0.25, -0.2) is 0 Å². The number of piperidine rings is 1. The molecule has 2 heterocycles. The summed E-state index contributed by atoms with van der Waals surface area (Å²) in [6.07, 6.45) is 13.1. The molecule has 4 aliphatic carbocycles. The van der Waals surface area contributed by atoms with Crippen LogP contribution >= 0.6 is 0 Å². The Morgan fingerprint density at radius 3 is 2.70 bits per heavy atom. The van der Waals surface area contributed by atoms with Crippen LogP contribution in [0.2, 0.25) is 0 Å². The van der Waals surface area contributed by atoms with Crippen LogP contribution in [0, 0.1) is 23.2 Å². The van der Waals surface area contributed by atoms with Gasteiger partial charge in [-0.1, -0.05) is 49.9 Å². The number of fused-ring (bicyclic) bond motifs is 1. The van der Waals surface area contributed by atoms with Crippen molar-refractivity contribution in [1.29, 1.82) is 0 Å². The molecule has 6 aliphatic rings. The lowest BCUT2D eigenvalue weighted by molar-refractivity contribution is -0.102. The molecule has 6 atom stereocenters. The number of aromatic hydroxyl groups is 1. The van der Waals surface area contributed by atoms with Crippen LogP contribution in [0.3, 0.4) is 0 Å². The van der Waals surface area contributed by atoms with Crippen molar-refractivity contribution in [3.8, 4) is 5.75 Å². The van der Waals surface area contributed by atoms with E-state index < -0.39 is 0 Å². The molecule has 0 aromatic heterocycles. The van der Waals surface area contributed by atoms with E-state index in [-0.39, 0.29) is 11.3 Å². The number of benzene rings is 2. The molecular formula is C33H40N2O2. The van der Waals surface area contributed by atoms with Gasteiger partial charge in [0.2, 0.25) is 0 Å². The Morgan fingerprint density at radius 2 is 1.86 bits per heavy atom. The van der Waals surface area contributed by atoms with Gasteiger partial charge in [-0.3, -0.25) is 9.69 Å². The average Bonchev–Trinajstić information content (AvgIpc) is 3.60. The highest BCUT2D eigenvalue weighted by Crippen LogP contribution is 2.75. The summed E-state index contributed by atoms with van der Waals surface area (Å²) in [6, 6.07) is 17.2. The summed E-state index contributed by atoms with van der Waals surface area (Å²) >= 11 is 0. The van der Waals surface area contributed by atoms with Crippen LogP contribution in [0.4, 0.5) is 0 Å². The largest absolute Gasteiger partial charge is 0.508 e. The van der Waals surface area contributed by atoms with Gasteiger partial charge in [0.15, 0.2) is 0 Å². The molecule has 2 aromatic rings. The Labute approximate surface area is 221 Å². The van der Waals surface area contributed by atoms with E-state index in [1.165, 1.54) is 75.6 Å². The third kappa shape index (κ3) is 2.97. The molecule has 5 fully saturated rings. The average molecular weight is 497 g/mol. The smallest absolute Gasteiger partial charge is 0.254 e. The van der Waals surface area contributed by atoms with Gasteiger partial charge in [-0.05, 0) is 110 Å². The molecule has 2 saturated heterocycles. The monoisotopic (exact) mass is 496 g/mol. The Hall–Kier alpha value is -2.33. The quantitative estimate of drug-likeness (QED) is 0.583. The van der Waals surface area contributed by atoms with Gasteiger partial charge < -0.3 is 10.0 Å². The molecule has 4 nitrogen and oxygen atoms in total. The minimum absolute atomic E-state index is 0.104. The molecule has 2 aromatic carbocycles. The van der Waals surface area contributed by atoms with E-state index in [9.17, 15) is 9.90 Å². The highest BCUT2D eigenvalue weighted by Gasteiger charge is 2.76. The van der Waals surface area contributed by atoms with Gasteiger partial charge >= 0.3 is 0 Å². The van der Waals surface area contributed by atoms with E-state index in [0.717, 1.165) is 30.9 Å². The molecule has 37 heavy (non-hydrogen) atoms. The molecular weight excluding hydrogens is 456 g/mol. The van der Waals surface area contributed by atoms with Crippen LogP contribution in [0.5, 0.6) is 5.75 Å². The van der Waals surface area contributed by atoms with Crippen LogP contribution in [-0.2, 0) is 11.8 Å². The van der Waals surface area contributed by atoms with Crippen molar-refractivity contribution < 1.29 is 9.90 Å². The maximum absolute atomic E-state index is 13.7. The van der Waals surface area contributed by atoms with E-state index in [2.05, 4.69) is 21.9 Å². The van der Waals surface area contributed by atoms with Crippen LogP contribution in [-0.4, -0.2) is 52.5 Å². The third-order valence-corrected chi connectivity index (χ3v) is 12.2. The van der Waals surface area contributed by atoms with Crippen LogP contribution < -0.4 is 0 Å². The van der Waals surface area contributed by atoms with Gasteiger partial charge in [0, 0.05) is 29.6 Å². The van der Waals surface area contributed by atoms with Gasteiger partial charge in [0.25, 0.3) is 5.91 Å². The molecule has 2 aliphatic heterocycles. The van der Waals surface area contributed by atoms with E-state index in [1.54, 1.807) is 0 Å². The first-order valence-electron chi connectivity index (χ1n) is 15.0. The zero-order chi connectivity index (χ0) is 24.8. The number of phenols is 1. The van der Waals surface area contributed by atoms with Gasteiger partial charge in [-0.2, -0.15) is 0 Å². The Bertz CT molecular complexity index is 1220. The summed E-state index contributed by atoms with van der Waals surface area (Å²) in [4.78, 5) is 18.9. The Morgan fingerprint density at radius 1 is 1.03 bits per heavy atom. The maximum atomic E-state index is 13.7. The second-order valence-corrected chi connectivity index (χ2v) is 13.3. The van der Waals surface area contributed by atoms with Crippen molar-refractivity contribution in [2.24, 2.45) is 23.2 Å². The molecule has 5 unspecified atom stereocenters. The molecule has 4 heteroatoms. The van der Waals surface area contributed by atoms with E-state index in [1.807, 2.05) is 36.4 Å². The second kappa shape index (κ2) is 8.09. The van der Waals surface area contributed by atoms with Gasteiger partial charge in [-0.15, -0.1) is 0 Å². The number of carbonyl (C=O) groups is 1. The van der Waals surface area contributed by atoms with E-state index >= 15 is 0 Å². The summed E-state index contributed by atoms with van der Waals surface area (Å²) in [5.41, 5.74) is 4.16. The summed E-state index contributed by atoms with van der Waals surface area (Å²) in [5.74, 6) is 2.68. The number of amides is 1. The fraction of sp³-hybridized carbons (Fsp3) is 0.606. The minimum Gasteiger partial charge on any atom is -0.508 e. The van der Waals surface area contributed by atoms with Crippen LogP contribution in [0.15, 0.2) is 48.5 Å². The molecule has 0 radical (unpaired) electrons. The fourth-order valence-electron chi connectivity index (χ4n) is 11.0. The van der Waals surface area contributed by atoms with Crippen LogP contribution in [0.25, 0.3) is 0 Å². The minimum atomic E-state index is 0.104. The summed E-state index contributed by atoms with van der Waals surface area (Å²) in [6.45, 7) is 3.35. The van der Waals surface area contributed by atoms with Crippen molar-refractivity contribution >= 4 is 5.91 Å². The Balaban J connectivity index is 1.19. The number of likely N-dealkylation sites (tertiary alicyclic amines) is 2. The molecule has 3 saturated carbocycles. The lowest BCUT2D eigenvalue weighted by Gasteiger charge is -2.66. The predicted octanol–water partition coefficient (Wildman–Crippen LogP) is 5.78. The molecule has 8 rings (SSSR count). The zero-order valence-corrected chi connectivity index (χ0v) is 21.9.